The number of nitrogens with zero attached hydrogens (tertiary/aromatic N) is 1. The lowest BCUT2D eigenvalue weighted by Gasteiger charge is -2.17. The molecule has 2 aromatic rings. The van der Waals surface area contributed by atoms with Gasteiger partial charge in [0.05, 0.1) is 18.0 Å². The summed E-state index contributed by atoms with van der Waals surface area (Å²) in [5.74, 6) is -1.09. The van der Waals surface area contributed by atoms with E-state index >= 15 is 0 Å². The summed E-state index contributed by atoms with van der Waals surface area (Å²) in [5.41, 5.74) is 1.40. The van der Waals surface area contributed by atoms with Crippen molar-refractivity contribution in [1.82, 2.24) is 5.32 Å². The van der Waals surface area contributed by atoms with Gasteiger partial charge in [0.1, 0.15) is 11.6 Å². The van der Waals surface area contributed by atoms with Crippen molar-refractivity contribution in [1.29, 1.82) is 0 Å². The number of rotatable bonds is 8. The Labute approximate surface area is 158 Å². The summed E-state index contributed by atoms with van der Waals surface area (Å²) in [5, 5.41) is 5.21. The Balaban J connectivity index is 1.66. The van der Waals surface area contributed by atoms with E-state index in [1.165, 1.54) is 12.1 Å². The molecule has 27 heavy (non-hydrogen) atoms. The minimum atomic E-state index is -0.702. The first kappa shape index (κ1) is 20.2. The van der Waals surface area contributed by atoms with Crippen molar-refractivity contribution < 1.29 is 18.7 Å². The first-order valence-corrected chi connectivity index (χ1v) is 8.71. The maximum Gasteiger partial charge on any atom is 0.313 e. The van der Waals surface area contributed by atoms with E-state index in [4.69, 9.17) is 4.74 Å². The molecule has 0 spiro atoms. The second-order valence-corrected chi connectivity index (χ2v) is 6.13. The van der Waals surface area contributed by atoms with Gasteiger partial charge in [0.2, 0.25) is 0 Å². The van der Waals surface area contributed by atoms with Gasteiger partial charge >= 0.3 is 11.8 Å². The summed E-state index contributed by atoms with van der Waals surface area (Å²) in [7, 11) is 3.72. The largest absolute Gasteiger partial charge is 0.494 e. The molecule has 7 heteroatoms. The van der Waals surface area contributed by atoms with Crippen molar-refractivity contribution in [3.63, 3.8) is 0 Å². The van der Waals surface area contributed by atoms with Gasteiger partial charge < -0.3 is 20.3 Å². The normalized spacial score (nSPS) is 10.2. The first-order valence-electron chi connectivity index (χ1n) is 8.71. The van der Waals surface area contributed by atoms with Gasteiger partial charge in [0.25, 0.3) is 0 Å². The predicted molar refractivity (Wildman–Crippen MR) is 104 cm³/mol. The molecule has 2 amide bonds. The molecule has 0 fully saturated rings. The topological polar surface area (TPSA) is 70.7 Å². The highest BCUT2D eigenvalue weighted by Gasteiger charge is 2.15. The molecular formula is C20H24FN3O3. The highest BCUT2D eigenvalue weighted by molar-refractivity contribution is 6.39. The van der Waals surface area contributed by atoms with Gasteiger partial charge in [-0.3, -0.25) is 9.59 Å². The first-order chi connectivity index (χ1) is 13.0. The van der Waals surface area contributed by atoms with Crippen LogP contribution in [-0.2, 0) is 9.59 Å². The zero-order valence-electron chi connectivity index (χ0n) is 15.5. The molecular weight excluding hydrogens is 349 g/mol. The van der Waals surface area contributed by atoms with Gasteiger partial charge in [0, 0.05) is 20.6 Å². The summed E-state index contributed by atoms with van der Waals surface area (Å²) in [4.78, 5) is 25.8. The van der Waals surface area contributed by atoms with Gasteiger partial charge in [-0.2, -0.15) is 0 Å². The van der Waals surface area contributed by atoms with E-state index in [1.54, 1.807) is 24.3 Å². The predicted octanol–water partition coefficient (Wildman–Crippen LogP) is 2.81. The lowest BCUT2D eigenvalue weighted by Crippen LogP contribution is -2.36. The van der Waals surface area contributed by atoms with E-state index in [0.29, 0.717) is 37.4 Å². The van der Waals surface area contributed by atoms with Crippen molar-refractivity contribution in [3.05, 3.63) is 54.3 Å². The van der Waals surface area contributed by atoms with E-state index in [2.05, 4.69) is 10.6 Å². The van der Waals surface area contributed by atoms with Gasteiger partial charge in [-0.15, -0.1) is 0 Å². The summed E-state index contributed by atoms with van der Waals surface area (Å²) in [6, 6.07) is 13.0. The Kier molecular flexibility index (Phi) is 7.61. The molecule has 0 aliphatic rings. The number of carbonyl (C=O) groups excluding carboxylic acids is 2. The van der Waals surface area contributed by atoms with Crippen molar-refractivity contribution in [2.45, 2.75) is 12.8 Å². The van der Waals surface area contributed by atoms with E-state index in [-0.39, 0.29) is 5.82 Å². The fraction of sp³-hybridized carbons (Fsp3) is 0.300. The summed E-state index contributed by atoms with van der Waals surface area (Å²) in [6.07, 6.45) is 1.36. The van der Waals surface area contributed by atoms with Crippen LogP contribution in [0.5, 0.6) is 5.75 Å². The number of nitrogens with one attached hydrogen (secondary N) is 2. The van der Waals surface area contributed by atoms with Crippen LogP contribution in [0.1, 0.15) is 12.8 Å². The molecule has 0 aromatic heterocycles. The van der Waals surface area contributed by atoms with Crippen LogP contribution >= 0.6 is 0 Å². The van der Waals surface area contributed by atoms with Crippen molar-refractivity contribution >= 4 is 23.2 Å². The number of hydrogen-bond donors (Lipinski definition) is 2. The maximum atomic E-state index is 12.8. The standard InChI is InChI=1S/C20H24FN3O3/c1-24(2)18-8-4-3-7-17(18)23-20(26)19(25)22-13-5-6-14-27-16-11-9-15(21)10-12-16/h3-4,7-12H,5-6,13-14H2,1-2H3,(H,22,25)(H,23,26). The van der Waals surface area contributed by atoms with Gasteiger partial charge in [0.15, 0.2) is 0 Å². The number of halogens is 1. The minimum Gasteiger partial charge on any atom is -0.494 e. The summed E-state index contributed by atoms with van der Waals surface area (Å²) in [6.45, 7) is 0.818. The molecule has 2 aromatic carbocycles. The molecule has 0 heterocycles. The van der Waals surface area contributed by atoms with E-state index in [1.807, 2.05) is 31.1 Å². The van der Waals surface area contributed by atoms with E-state index < -0.39 is 11.8 Å². The average molecular weight is 373 g/mol. The molecule has 144 valence electrons. The molecule has 6 nitrogen and oxygen atoms in total. The van der Waals surface area contributed by atoms with Crippen molar-refractivity contribution in [3.8, 4) is 5.75 Å². The van der Waals surface area contributed by atoms with Gasteiger partial charge in [-0.05, 0) is 49.2 Å². The zero-order chi connectivity index (χ0) is 19.6. The molecule has 0 saturated carbocycles. The Hall–Kier alpha value is -3.09. The number of hydrogen-bond acceptors (Lipinski definition) is 4. The molecule has 0 radical (unpaired) electrons. The van der Waals surface area contributed by atoms with Crippen LogP contribution in [0.4, 0.5) is 15.8 Å². The average Bonchev–Trinajstić information content (AvgIpc) is 2.66. The van der Waals surface area contributed by atoms with Gasteiger partial charge in [-0.1, -0.05) is 12.1 Å². The second-order valence-electron chi connectivity index (χ2n) is 6.13. The van der Waals surface area contributed by atoms with Crippen LogP contribution in [0.25, 0.3) is 0 Å². The minimum absolute atomic E-state index is 0.309. The molecule has 0 atom stereocenters. The molecule has 0 aliphatic heterocycles. The number of carbonyl (C=O) groups is 2. The SMILES string of the molecule is CN(C)c1ccccc1NC(=O)C(=O)NCCCCOc1ccc(F)cc1. The third kappa shape index (κ3) is 6.62. The zero-order valence-corrected chi connectivity index (χ0v) is 15.5. The van der Waals surface area contributed by atoms with Crippen LogP contribution in [0, 0.1) is 5.82 Å². The smallest absolute Gasteiger partial charge is 0.313 e. The maximum absolute atomic E-state index is 12.8. The highest BCUT2D eigenvalue weighted by atomic mass is 19.1. The number of amides is 2. The number of anilines is 2. The van der Waals surface area contributed by atoms with Crippen LogP contribution in [0.3, 0.4) is 0 Å². The number of benzene rings is 2. The molecule has 0 unspecified atom stereocenters. The van der Waals surface area contributed by atoms with E-state index in [0.717, 1.165) is 5.69 Å². The molecule has 0 saturated heterocycles. The lowest BCUT2D eigenvalue weighted by molar-refractivity contribution is -0.136. The van der Waals surface area contributed by atoms with Crippen molar-refractivity contribution in [2.75, 3.05) is 37.5 Å². The molecule has 2 N–H and O–H groups in total. The summed E-state index contributed by atoms with van der Waals surface area (Å²) >= 11 is 0. The van der Waals surface area contributed by atoms with Crippen LogP contribution < -0.4 is 20.3 Å². The Morgan fingerprint density at radius 3 is 2.41 bits per heavy atom. The Morgan fingerprint density at radius 2 is 1.70 bits per heavy atom. The van der Waals surface area contributed by atoms with Crippen LogP contribution in [0.2, 0.25) is 0 Å². The number of unbranched alkanes of at least 4 members (excludes halogenated alkanes) is 1. The highest BCUT2D eigenvalue weighted by Crippen LogP contribution is 2.23. The fourth-order valence-corrected chi connectivity index (χ4v) is 2.38. The van der Waals surface area contributed by atoms with Gasteiger partial charge in [-0.25, -0.2) is 4.39 Å². The third-order valence-corrected chi connectivity index (χ3v) is 3.78. The summed E-state index contributed by atoms with van der Waals surface area (Å²) < 4.78 is 18.3. The fourth-order valence-electron chi connectivity index (χ4n) is 2.38. The molecule has 2 rings (SSSR count). The Morgan fingerprint density at radius 1 is 1.00 bits per heavy atom. The quantitative estimate of drug-likeness (QED) is 0.551. The Bertz CT molecular complexity index is 763. The van der Waals surface area contributed by atoms with Crippen molar-refractivity contribution in [2.24, 2.45) is 0 Å². The molecule has 0 aliphatic carbocycles. The number of para-hydroxylation sites is 2. The van der Waals surface area contributed by atoms with Crippen LogP contribution in [-0.4, -0.2) is 39.1 Å². The second kappa shape index (κ2) is 10.2. The van der Waals surface area contributed by atoms with E-state index in [9.17, 15) is 14.0 Å². The number of ether oxygens (including phenoxy) is 1. The third-order valence-electron chi connectivity index (χ3n) is 3.78. The monoisotopic (exact) mass is 373 g/mol. The molecule has 0 bridgehead atoms. The lowest BCUT2D eigenvalue weighted by atomic mass is 10.2. The van der Waals surface area contributed by atoms with Crippen LogP contribution in [0.15, 0.2) is 48.5 Å².